The van der Waals surface area contributed by atoms with Crippen molar-refractivity contribution in [1.82, 2.24) is 16.0 Å². The van der Waals surface area contributed by atoms with Gasteiger partial charge in [-0.25, -0.2) is 0 Å². The van der Waals surface area contributed by atoms with Crippen LogP contribution in [0.3, 0.4) is 0 Å². The molecule has 3 amide bonds. The van der Waals surface area contributed by atoms with Crippen LogP contribution in [0.2, 0.25) is 0 Å². The van der Waals surface area contributed by atoms with Crippen LogP contribution in [0.4, 0.5) is 0 Å². The number of hydrogen-bond acceptors (Lipinski definition) is 3. The third-order valence-electron chi connectivity index (χ3n) is 7.12. The van der Waals surface area contributed by atoms with E-state index in [1.54, 1.807) is 0 Å². The monoisotopic (exact) mass is 549 g/mol. The molecule has 228 valence electrons. The van der Waals surface area contributed by atoms with Crippen molar-refractivity contribution in [3.8, 4) is 0 Å². The van der Waals surface area contributed by atoms with Gasteiger partial charge in [-0.05, 0) is 96.3 Å². The molecule has 1 aliphatic carbocycles. The van der Waals surface area contributed by atoms with E-state index in [1.165, 1.54) is 0 Å². The zero-order chi connectivity index (χ0) is 30.8. The maximum atomic E-state index is 13.6. The fraction of sp³-hybridized carbons (Fsp3) is 0.909. The highest BCUT2D eigenvalue weighted by Gasteiger charge is 2.42. The quantitative estimate of drug-likeness (QED) is 0.289. The molecule has 0 atom stereocenters. The van der Waals surface area contributed by atoms with Crippen LogP contribution in [0.5, 0.6) is 0 Å². The maximum Gasteiger partial charge on any atom is 0.223 e. The van der Waals surface area contributed by atoms with E-state index in [9.17, 15) is 14.4 Å². The van der Waals surface area contributed by atoms with Gasteiger partial charge in [0.2, 0.25) is 17.7 Å². The van der Waals surface area contributed by atoms with Crippen molar-refractivity contribution in [1.29, 1.82) is 0 Å². The summed E-state index contributed by atoms with van der Waals surface area (Å²) < 4.78 is 0. The Balaban J connectivity index is 3.19. The van der Waals surface area contributed by atoms with E-state index in [0.29, 0.717) is 19.3 Å². The molecule has 3 N–H and O–H groups in total. The largest absolute Gasteiger partial charge is 0.351 e. The van der Waals surface area contributed by atoms with Crippen LogP contribution in [0.15, 0.2) is 0 Å². The van der Waals surface area contributed by atoms with Crippen molar-refractivity contribution >= 4 is 17.7 Å². The average Bonchev–Trinajstić information content (AvgIpc) is 2.60. The average molecular weight is 550 g/mol. The summed E-state index contributed by atoms with van der Waals surface area (Å²) >= 11 is 0. The molecule has 0 aliphatic heterocycles. The summed E-state index contributed by atoms with van der Waals surface area (Å²) in [6.45, 7) is 31.8. The van der Waals surface area contributed by atoms with Gasteiger partial charge >= 0.3 is 0 Å². The Bertz CT molecular complexity index is 746. The minimum atomic E-state index is -0.388. The normalized spacial score (nSPS) is 21.8. The van der Waals surface area contributed by atoms with Crippen LogP contribution in [-0.4, -0.2) is 34.3 Å². The predicted octanol–water partition coefficient (Wildman–Crippen LogP) is 7.01. The smallest absolute Gasteiger partial charge is 0.223 e. The molecule has 6 nitrogen and oxygen atoms in total. The molecule has 0 bridgehead atoms. The summed E-state index contributed by atoms with van der Waals surface area (Å²) in [6.07, 6.45) is 3.87. The number of nitrogens with one attached hydrogen (secondary N) is 3. The minimum Gasteiger partial charge on any atom is -0.351 e. The van der Waals surface area contributed by atoms with Crippen LogP contribution in [0, 0.1) is 34.0 Å². The third kappa shape index (κ3) is 14.0. The van der Waals surface area contributed by atoms with E-state index in [1.807, 2.05) is 0 Å². The van der Waals surface area contributed by atoms with Gasteiger partial charge in [-0.3, -0.25) is 14.4 Å². The molecule has 0 aromatic heterocycles. The standard InChI is InChI=1S/C33H63N3O3/c1-28(2,3)19-31(10,11)34-25(37)22-16-23(26(38)35-32(12,13)20-29(4,5)6)18-24(17-22)27(39)36-33(14,15)21-30(7,8)9/h22-24H,16-21H2,1-15H3,(H,34,37)(H,35,38)(H,36,39). The van der Waals surface area contributed by atoms with Gasteiger partial charge < -0.3 is 16.0 Å². The summed E-state index contributed by atoms with van der Waals surface area (Å²) in [7, 11) is 0. The SMILES string of the molecule is CC(C)(C)CC(C)(C)NC(=O)C1CC(C(=O)NC(C)(C)CC(C)(C)C)CC(C(=O)NC(C)(C)CC(C)(C)C)C1. The number of hydrogen-bond donors (Lipinski definition) is 3. The van der Waals surface area contributed by atoms with Crippen LogP contribution in [-0.2, 0) is 14.4 Å². The fourth-order valence-electron chi connectivity index (χ4n) is 7.38. The molecule has 1 fully saturated rings. The molecule has 1 aliphatic rings. The van der Waals surface area contributed by atoms with E-state index in [0.717, 1.165) is 19.3 Å². The van der Waals surface area contributed by atoms with E-state index >= 15 is 0 Å². The van der Waals surface area contributed by atoms with Crippen molar-refractivity contribution in [2.24, 2.45) is 34.0 Å². The van der Waals surface area contributed by atoms with E-state index < -0.39 is 0 Å². The third-order valence-corrected chi connectivity index (χ3v) is 7.12. The van der Waals surface area contributed by atoms with Gasteiger partial charge in [0.05, 0.1) is 0 Å². The second-order valence-electron chi connectivity index (χ2n) is 18.1. The lowest BCUT2D eigenvalue weighted by atomic mass is 9.72. The Morgan fingerprint density at radius 3 is 0.769 bits per heavy atom. The number of carbonyl (C=O) groups excluding carboxylic acids is 3. The first-order valence-electron chi connectivity index (χ1n) is 15.0. The van der Waals surface area contributed by atoms with Crippen molar-refractivity contribution in [3.63, 3.8) is 0 Å². The molecule has 0 aromatic rings. The Morgan fingerprint density at radius 1 is 0.436 bits per heavy atom. The summed E-state index contributed by atoms with van der Waals surface area (Å²) in [5.41, 5.74) is -0.967. The predicted molar refractivity (Wildman–Crippen MR) is 163 cm³/mol. The lowest BCUT2D eigenvalue weighted by molar-refractivity contribution is -0.136. The van der Waals surface area contributed by atoms with E-state index in [2.05, 4.69) is 120 Å². The molecule has 1 rings (SSSR count). The molecule has 0 heterocycles. The number of rotatable bonds is 9. The lowest BCUT2D eigenvalue weighted by Crippen LogP contribution is -2.54. The van der Waals surface area contributed by atoms with Gasteiger partial charge in [0.15, 0.2) is 0 Å². The molecule has 1 saturated carbocycles. The topological polar surface area (TPSA) is 87.3 Å². The van der Waals surface area contributed by atoms with Gasteiger partial charge in [0.1, 0.15) is 0 Å². The summed E-state index contributed by atoms with van der Waals surface area (Å²) in [6, 6.07) is 0. The van der Waals surface area contributed by atoms with Gasteiger partial charge in [0, 0.05) is 34.4 Å². The first-order chi connectivity index (χ1) is 17.1. The highest BCUT2D eigenvalue weighted by molar-refractivity contribution is 5.86. The molecule has 0 spiro atoms. The van der Waals surface area contributed by atoms with Crippen LogP contribution < -0.4 is 16.0 Å². The van der Waals surface area contributed by atoms with Crippen LogP contribution in [0.25, 0.3) is 0 Å². The van der Waals surface area contributed by atoms with Gasteiger partial charge in [0.25, 0.3) is 0 Å². The Kier molecular flexibility index (Phi) is 11.0. The second kappa shape index (κ2) is 12.1. The Morgan fingerprint density at radius 2 is 0.615 bits per heavy atom. The van der Waals surface area contributed by atoms with E-state index in [4.69, 9.17) is 0 Å². The first-order valence-corrected chi connectivity index (χ1v) is 15.0. The summed E-state index contributed by atoms with van der Waals surface area (Å²) in [5, 5.41) is 9.77. The zero-order valence-electron chi connectivity index (χ0n) is 28.2. The lowest BCUT2D eigenvalue weighted by Gasteiger charge is -2.40. The molecule has 0 radical (unpaired) electrons. The summed E-state index contributed by atoms with van der Waals surface area (Å²) in [4.78, 5) is 40.8. The molecule has 0 unspecified atom stereocenters. The fourth-order valence-corrected chi connectivity index (χ4v) is 7.38. The number of amides is 3. The van der Waals surface area contributed by atoms with Crippen molar-refractivity contribution in [2.45, 2.75) is 159 Å². The molecular formula is C33H63N3O3. The Hall–Kier alpha value is -1.59. The maximum absolute atomic E-state index is 13.6. The van der Waals surface area contributed by atoms with Gasteiger partial charge in [-0.1, -0.05) is 62.3 Å². The van der Waals surface area contributed by atoms with E-state index in [-0.39, 0.29) is 68.3 Å². The zero-order valence-corrected chi connectivity index (χ0v) is 28.2. The highest BCUT2D eigenvalue weighted by Crippen LogP contribution is 2.37. The Labute approximate surface area is 241 Å². The molecule has 6 heteroatoms. The van der Waals surface area contributed by atoms with Crippen LogP contribution in [0.1, 0.15) is 142 Å². The minimum absolute atomic E-state index is 0.0533. The molecule has 39 heavy (non-hydrogen) atoms. The van der Waals surface area contributed by atoms with Gasteiger partial charge in [-0.15, -0.1) is 0 Å². The van der Waals surface area contributed by atoms with Crippen LogP contribution >= 0.6 is 0 Å². The van der Waals surface area contributed by atoms with Crippen molar-refractivity contribution < 1.29 is 14.4 Å². The number of carbonyl (C=O) groups is 3. The molecule has 0 saturated heterocycles. The summed E-state index contributed by atoms with van der Waals surface area (Å²) in [5.74, 6) is -1.32. The highest BCUT2D eigenvalue weighted by atomic mass is 16.2. The first kappa shape index (κ1) is 35.4. The second-order valence-corrected chi connectivity index (χ2v) is 18.1. The van der Waals surface area contributed by atoms with Crippen molar-refractivity contribution in [2.75, 3.05) is 0 Å². The van der Waals surface area contributed by atoms with Gasteiger partial charge in [-0.2, -0.15) is 0 Å². The molecule has 0 aromatic carbocycles. The van der Waals surface area contributed by atoms with Crippen molar-refractivity contribution in [3.05, 3.63) is 0 Å². The molecular weight excluding hydrogens is 486 g/mol.